The lowest BCUT2D eigenvalue weighted by molar-refractivity contribution is -0.0333. The number of hydrogen-bond donors (Lipinski definition) is 2. The summed E-state index contributed by atoms with van der Waals surface area (Å²) in [7, 11) is 0. The lowest BCUT2D eigenvalue weighted by atomic mass is 9.80. The summed E-state index contributed by atoms with van der Waals surface area (Å²) >= 11 is 0. The summed E-state index contributed by atoms with van der Waals surface area (Å²) in [6, 6.07) is 4.50. The van der Waals surface area contributed by atoms with Gasteiger partial charge in [0.05, 0.1) is 17.3 Å². The van der Waals surface area contributed by atoms with Crippen molar-refractivity contribution in [2.75, 3.05) is 6.54 Å². The number of aliphatic hydroxyl groups is 1. The van der Waals surface area contributed by atoms with Crippen LogP contribution in [-0.2, 0) is 6.42 Å². The van der Waals surface area contributed by atoms with Crippen LogP contribution in [-0.4, -0.2) is 22.2 Å². The normalized spacial score (nSPS) is 26.2. The summed E-state index contributed by atoms with van der Waals surface area (Å²) in [6.45, 7) is 0.716. The van der Waals surface area contributed by atoms with Crippen molar-refractivity contribution in [1.29, 1.82) is 0 Å². The van der Waals surface area contributed by atoms with Crippen molar-refractivity contribution in [3.63, 3.8) is 0 Å². The van der Waals surface area contributed by atoms with Gasteiger partial charge < -0.3 is 10.4 Å². The molecule has 2 N–H and O–H groups in total. The van der Waals surface area contributed by atoms with E-state index in [2.05, 4.69) is 16.4 Å². The number of hydrogen-bond acceptors (Lipinski definition) is 3. The average molecular weight is 218 g/mol. The van der Waals surface area contributed by atoms with Crippen molar-refractivity contribution >= 4 is 0 Å². The molecule has 3 nitrogen and oxygen atoms in total. The van der Waals surface area contributed by atoms with Gasteiger partial charge in [-0.25, -0.2) is 0 Å². The molecule has 86 valence electrons. The van der Waals surface area contributed by atoms with Crippen LogP contribution in [0.2, 0.25) is 0 Å². The molecule has 1 atom stereocenters. The van der Waals surface area contributed by atoms with Gasteiger partial charge in [-0.3, -0.25) is 4.98 Å². The van der Waals surface area contributed by atoms with Crippen molar-refractivity contribution in [3.8, 4) is 0 Å². The van der Waals surface area contributed by atoms with Gasteiger partial charge in [0.25, 0.3) is 0 Å². The van der Waals surface area contributed by atoms with E-state index in [4.69, 9.17) is 0 Å². The van der Waals surface area contributed by atoms with Crippen LogP contribution < -0.4 is 5.32 Å². The first-order valence-corrected chi connectivity index (χ1v) is 6.16. The van der Waals surface area contributed by atoms with E-state index >= 15 is 0 Å². The molecule has 0 amide bonds. The number of aryl methyl sites for hydroxylation is 1. The molecule has 2 aliphatic carbocycles. The zero-order valence-corrected chi connectivity index (χ0v) is 9.45. The molecule has 3 heteroatoms. The highest BCUT2D eigenvalue weighted by molar-refractivity contribution is 5.27. The van der Waals surface area contributed by atoms with E-state index in [9.17, 15) is 5.11 Å². The molecule has 3 rings (SSSR count). The minimum atomic E-state index is -0.433. The number of pyridine rings is 1. The summed E-state index contributed by atoms with van der Waals surface area (Å²) in [5, 5.41) is 13.5. The first-order chi connectivity index (χ1) is 7.77. The highest BCUT2D eigenvalue weighted by Crippen LogP contribution is 2.33. The smallest absolute Gasteiger partial charge is 0.0771 e. The number of nitrogens with one attached hydrogen (secondary N) is 1. The third-order valence-electron chi connectivity index (χ3n) is 3.92. The molecule has 1 heterocycles. The van der Waals surface area contributed by atoms with Crippen LogP contribution in [0.3, 0.4) is 0 Å². The number of nitrogens with zero attached hydrogens (tertiary/aromatic N) is 1. The largest absolute Gasteiger partial charge is 0.389 e. The molecule has 0 aromatic carbocycles. The molecule has 16 heavy (non-hydrogen) atoms. The van der Waals surface area contributed by atoms with Gasteiger partial charge in [0.1, 0.15) is 0 Å². The summed E-state index contributed by atoms with van der Waals surface area (Å²) in [4.78, 5) is 4.44. The maximum absolute atomic E-state index is 10.0. The third-order valence-corrected chi connectivity index (χ3v) is 3.92. The fourth-order valence-electron chi connectivity index (χ4n) is 2.69. The Morgan fingerprint density at radius 3 is 3.12 bits per heavy atom. The van der Waals surface area contributed by atoms with Crippen LogP contribution in [0.1, 0.15) is 43.0 Å². The molecule has 1 fully saturated rings. The molecule has 0 spiro atoms. The Bertz CT molecular complexity index is 387. The molecule has 0 aliphatic heterocycles. The summed E-state index contributed by atoms with van der Waals surface area (Å²) in [5.74, 6) is 0. The Labute approximate surface area is 95.9 Å². The van der Waals surface area contributed by atoms with Gasteiger partial charge in [0.2, 0.25) is 0 Å². The minimum absolute atomic E-state index is 0.348. The Balaban J connectivity index is 1.65. The molecular formula is C13H18N2O. The quantitative estimate of drug-likeness (QED) is 0.809. The van der Waals surface area contributed by atoms with Gasteiger partial charge in [0, 0.05) is 12.7 Å². The molecule has 1 saturated carbocycles. The second-order valence-corrected chi connectivity index (χ2v) is 5.10. The maximum atomic E-state index is 10.0. The van der Waals surface area contributed by atoms with Gasteiger partial charge >= 0.3 is 0 Å². The number of aromatic nitrogens is 1. The highest BCUT2D eigenvalue weighted by Gasteiger charge is 2.35. The standard InChI is InChI=1S/C13H18N2O/c16-13(6-2-7-13)9-15-11-5-4-10-3-1-8-14-12(10)11/h1,3,8,11,15-16H,2,4-7,9H2. The van der Waals surface area contributed by atoms with Crippen LogP contribution >= 0.6 is 0 Å². The van der Waals surface area contributed by atoms with E-state index in [1.165, 1.54) is 11.3 Å². The fourth-order valence-corrected chi connectivity index (χ4v) is 2.69. The van der Waals surface area contributed by atoms with Crippen molar-refractivity contribution in [2.24, 2.45) is 0 Å². The third kappa shape index (κ3) is 1.74. The van der Waals surface area contributed by atoms with Crippen molar-refractivity contribution in [2.45, 2.75) is 43.7 Å². The average Bonchev–Trinajstić information content (AvgIpc) is 2.67. The second kappa shape index (κ2) is 3.82. The molecule has 0 radical (unpaired) electrons. The van der Waals surface area contributed by atoms with E-state index in [-0.39, 0.29) is 0 Å². The SMILES string of the molecule is OC1(CNC2CCc3cccnc32)CCC1. The number of fused-ring (bicyclic) bond motifs is 1. The monoisotopic (exact) mass is 218 g/mol. The van der Waals surface area contributed by atoms with Gasteiger partial charge in [-0.1, -0.05) is 6.07 Å². The minimum Gasteiger partial charge on any atom is -0.389 e. The lowest BCUT2D eigenvalue weighted by Crippen LogP contribution is -2.46. The first-order valence-electron chi connectivity index (χ1n) is 6.16. The maximum Gasteiger partial charge on any atom is 0.0771 e. The Hall–Kier alpha value is -0.930. The van der Waals surface area contributed by atoms with E-state index < -0.39 is 5.60 Å². The number of rotatable bonds is 3. The lowest BCUT2D eigenvalue weighted by Gasteiger charge is -2.37. The highest BCUT2D eigenvalue weighted by atomic mass is 16.3. The van der Waals surface area contributed by atoms with Crippen molar-refractivity contribution in [3.05, 3.63) is 29.6 Å². The summed E-state index contributed by atoms with van der Waals surface area (Å²) in [5.41, 5.74) is 2.11. The fraction of sp³-hybridized carbons (Fsp3) is 0.615. The van der Waals surface area contributed by atoms with Crippen LogP contribution in [0, 0.1) is 0 Å². The van der Waals surface area contributed by atoms with Gasteiger partial charge in [-0.2, -0.15) is 0 Å². The van der Waals surface area contributed by atoms with Crippen LogP contribution in [0.25, 0.3) is 0 Å². The molecule has 1 aromatic heterocycles. The second-order valence-electron chi connectivity index (χ2n) is 5.10. The van der Waals surface area contributed by atoms with Crippen molar-refractivity contribution < 1.29 is 5.11 Å². The molecule has 1 unspecified atom stereocenters. The van der Waals surface area contributed by atoms with E-state index in [0.29, 0.717) is 12.6 Å². The van der Waals surface area contributed by atoms with Gasteiger partial charge in [-0.15, -0.1) is 0 Å². The van der Waals surface area contributed by atoms with Gasteiger partial charge in [-0.05, 0) is 43.7 Å². The van der Waals surface area contributed by atoms with Crippen LogP contribution in [0.15, 0.2) is 18.3 Å². The molecule has 0 bridgehead atoms. The molecule has 1 aromatic rings. The Kier molecular flexibility index (Phi) is 2.45. The predicted molar refractivity (Wildman–Crippen MR) is 62.1 cm³/mol. The molecule has 2 aliphatic rings. The zero-order valence-electron chi connectivity index (χ0n) is 9.45. The topological polar surface area (TPSA) is 45.1 Å². The van der Waals surface area contributed by atoms with Crippen LogP contribution in [0.4, 0.5) is 0 Å². The first kappa shape index (κ1) is 10.2. The Morgan fingerprint density at radius 2 is 2.38 bits per heavy atom. The van der Waals surface area contributed by atoms with Crippen molar-refractivity contribution in [1.82, 2.24) is 10.3 Å². The summed E-state index contributed by atoms with van der Waals surface area (Å²) in [6.07, 6.45) is 7.14. The predicted octanol–water partition coefficient (Wildman–Crippen LogP) is 1.57. The van der Waals surface area contributed by atoms with Gasteiger partial charge in [0.15, 0.2) is 0 Å². The van der Waals surface area contributed by atoms with E-state index in [1.807, 2.05) is 12.3 Å². The van der Waals surface area contributed by atoms with Crippen LogP contribution in [0.5, 0.6) is 0 Å². The molecular weight excluding hydrogens is 200 g/mol. The van der Waals surface area contributed by atoms with E-state index in [1.54, 1.807) is 0 Å². The summed E-state index contributed by atoms with van der Waals surface area (Å²) < 4.78 is 0. The van der Waals surface area contributed by atoms with E-state index in [0.717, 1.165) is 32.1 Å². The molecule has 0 saturated heterocycles. The zero-order chi connectivity index (χ0) is 11.0. The Morgan fingerprint density at radius 1 is 1.50 bits per heavy atom.